The van der Waals surface area contributed by atoms with E-state index in [0.29, 0.717) is 23.6 Å². The molecule has 1 heterocycles. The Hall–Kier alpha value is -2.15. The van der Waals surface area contributed by atoms with E-state index in [1.165, 1.54) is 12.8 Å². The van der Waals surface area contributed by atoms with Crippen molar-refractivity contribution in [2.75, 3.05) is 18.9 Å². The lowest BCUT2D eigenvalue weighted by atomic mass is 10.0. The van der Waals surface area contributed by atoms with Crippen molar-refractivity contribution in [2.24, 2.45) is 0 Å². The number of benzene rings is 1. The molecule has 0 aliphatic rings. The van der Waals surface area contributed by atoms with Gasteiger partial charge in [0.05, 0.1) is 29.1 Å². The van der Waals surface area contributed by atoms with Gasteiger partial charge in [0.2, 0.25) is 5.95 Å². The second kappa shape index (κ2) is 10.3. The van der Waals surface area contributed by atoms with Gasteiger partial charge in [0, 0.05) is 5.56 Å². The maximum atomic E-state index is 12.4. The van der Waals surface area contributed by atoms with Crippen molar-refractivity contribution in [1.29, 1.82) is 0 Å². The van der Waals surface area contributed by atoms with Crippen LogP contribution < -0.4 is 10.5 Å². The van der Waals surface area contributed by atoms with Crippen LogP contribution in [-0.2, 0) is 4.74 Å². The standard InChI is InChI=1S/C20H26BrN3O3/c1-4-6-7-8-11-27-16-10-9-14(12-15(16)21)18-17(19(25)26-5-2)13(3)23-20(22)24-18/h9-10,12H,4-8,11H2,1-3H3,(H2,22,23,24). The van der Waals surface area contributed by atoms with E-state index in [0.717, 1.165) is 28.6 Å². The van der Waals surface area contributed by atoms with Crippen LogP contribution in [0, 0.1) is 6.92 Å². The molecule has 0 aliphatic heterocycles. The Morgan fingerprint density at radius 1 is 1.19 bits per heavy atom. The van der Waals surface area contributed by atoms with Crippen LogP contribution in [0.15, 0.2) is 22.7 Å². The summed E-state index contributed by atoms with van der Waals surface area (Å²) in [6.45, 7) is 6.61. The zero-order valence-corrected chi connectivity index (χ0v) is 17.6. The van der Waals surface area contributed by atoms with E-state index >= 15 is 0 Å². The van der Waals surface area contributed by atoms with E-state index in [4.69, 9.17) is 15.2 Å². The number of hydrogen-bond donors (Lipinski definition) is 1. The van der Waals surface area contributed by atoms with Gasteiger partial charge in [-0.25, -0.2) is 14.8 Å². The number of anilines is 1. The zero-order chi connectivity index (χ0) is 19.8. The molecular weight excluding hydrogens is 410 g/mol. The number of nitrogens with zero attached hydrogens (tertiary/aromatic N) is 2. The van der Waals surface area contributed by atoms with Gasteiger partial charge in [-0.15, -0.1) is 0 Å². The summed E-state index contributed by atoms with van der Waals surface area (Å²) < 4.78 is 11.8. The van der Waals surface area contributed by atoms with Crippen LogP contribution in [0.1, 0.15) is 55.6 Å². The summed E-state index contributed by atoms with van der Waals surface area (Å²) in [7, 11) is 0. The molecule has 0 fully saturated rings. The zero-order valence-electron chi connectivity index (χ0n) is 16.0. The number of aromatic nitrogens is 2. The molecule has 0 radical (unpaired) electrons. The van der Waals surface area contributed by atoms with Gasteiger partial charge in [-0.2, -0.15) is 0 Å². The average molecular weight is 436 g/mol. The van der Waals surface area contributed by atoms with E-state index in [1.54, 1.807) is 13.8 Å². The highest BCUT2D eigenvalue weighted by Crippen LogP contribution is 2.32. The first-order chi connectivity index (χ1) is 13.0. The Bertz CT molecular complexity index is 796. The minimum Gasteiger partial charge on any atom is -0.492 e. The molecule has 7 heteroatoms. The first kappa shape index (κ1) is 21.2. The number of carbonyl (C=O) groups is 1. The molecule has 27 heavy (non-hydrogen) atoms. The van der Waals surface area contributed by atoms with Gasteiger partial charge in [-0.3, -0.25) is 0 Å². The number of nitrogen functional groups attached to an aromatic ring is 1. The monoisotopic (exact) mass is 435 g/mol. The van der Waals surface area contributed by atoms with Gasteiger partial charge in [-0.1, -0.05) is 26.2 Å². The molecule has 0 bridgehead atoms. The molecule has 2 aromatic rings. The van der Waals surface area contributed by atoms with Crippen LogP contribution in [0.2, 0.25) is 0 Å². The number of esters is 1. The molecule has 0 spiro atoms. The number of carbonyl (C=O) groups excluding carboxylic acids is 1. The first-order valence-electron chi connectivity index (χ1n) is 9.21. The van der Waals surface area contributed by atoms with Crippen LogP contribution in [-0.4, -0.2) is 29.2 Å². The van der Waals surface area contributed by atoms with Crippen LogP contribution in [0.3, 0.4) is 0 Å². The summed E-state index contributed by atoms with van der Waals surface area (Å²) in [5.74, 6) is 0.409. The van der Waals surface area contributed by atoms with Gasteiger partial charge in [0.25, 0.3) is 0 Å². The maximum Gasteiger partial charge on any atom is 0.342 e. The Balaban J connectivity index is 2.28. The van der Waals surface area contributed by atoms with E-state index in [1.807, 2.05) is 18.2 Å². The minimum atomic E-state index is -0.461. The van der Waals surface area contributed by atoms with Crippen molar-refractivity contribution in [2.45, 2.75) is 46.5 Å². The molecule has 146 valence electrons. The molecule has 0 unspecified atom stereocenters. The normalized spacial score (nSPS) is 10.7. The van der Waals surface area contributed by atoms with Crippen molar-refractivity contribution in [3.05, 3.63) is 33.9 Å². The SMILES string of the molecule is CCCCCCOc1ccc(-c2nc(N)nc(C)c2C(=O)OCC)cc1Br. The number of unbranched alkanes of at least 4 members (excludes halogenated alkanes) is 3. The number of aryl methyl sites for hydroxylation is 1. The number of nitrogens with two attached hydrogens (primary N) is 1. The largest absolute Gasteiger partial charge is 0.492 e. The lowest BCUT2D eigenvalue weighted by Crippen LogP contribution is -2.13. The van der Waals surface area contributed by atoms with E-state index in [2.05, 4.69) is 32.8 Å². The minimum absolute atomic E-state index is 0.114. The Kier molecular flexibility index (Phi) is 8.03. The van der Waals surface area contributed by atoms with Crippen molar-refractivity contribution in [3.8, 4) is 17.0 Å². The summed E-state index contributed by atoms with van der Waals surface area (Å²) in [4.78, 5) is 20.7. The van der Waals surface area contributed by atoms with Gasteiger partial charge in [0.15, 0.2) is 0 Å². The lowest BCUT2D eigenvalue weighted by molar-refractivity contribution is 0.0525. The summed E-state index contributed by atoms with van der Waals surface area (Å²) in [5, 5.41) is 0. The van der Waals surface area contributed by atoms with Gasteiger partial charge in [0.1, 0.15) is 11.3 Å². The second-order valence-corrected chi connectivity index (χ2v) is 7.02. The molecule has 0 saturated carbocycles. The first-order valence-corrected chi connectivity index (χ1v) is 10.0. The predicted molar refractivity (Wildman–Crippen MR) is 110 cm³/mol. The topological polar surface area (TPSA) is 87.3 Å². The smallest absolute Gasteiger partial charge is 0.342 e. The molecule has 6 nitrogen and oxygen atoms in total. The molecular formula is C20H26BrN3O3. The van der Waals surface area contributed by atoms with Crippen molar-refractivity contribution < 1.29 is 14.3 Å². The maximum absolute atomic E-state index is 12.4. The molecule has 0 atom stereocenters. The number of rotatable bonds is 9. The molecule has 1 aromatic carbocycles. The second-order valence-electron chi connectivity index (χ2n) is 6.17. The summed E-state index contributed by atoms with van der Waals surface area (Å²) in [6, 6.07) is 5.59. The Labute approximate surface area is 168 Å². The van der Waals surface area contributed by atoms with E-state index < -0.39 is 5.97 Å². The van der Waals surface area contributed by atoms with Crippen LogP contribution in [0.5, 0.6) is 5.75 Å². The molecule has 0 amide bonds. The third kappa shape index (κ3) is 5.66. The number of halogens is 1. The highest BCUT2D eigenvalue weighted by Gasteiger charge is 2.21. The quantitative estimate of drug-likeness (QED) is 0.443. The van der Waals surface area contributed by atoms with Crippen LogP contribution >= 0.6 is 15.9 Å². The van der Waals surface area contributed by atoms with Crippen molar-refractivity contribution in [3.63, 3.8) is 0 Å². The summed E-state index contributed by atoms with van der Waals surface area (Å²) >= 11 is 3.54. The van der Waals surface area contributed by atoms with Crippen LogP contribution in [0.4, 0.5) is 5.95 Å². The molecule has 0 saturated heterocycles. The fourth-order valence-electron chi connectivity index (χ4n) is 2.73. The van der Waals surface area contributed by atoms with Crippen molar-refractivity contribution in [1.82, 2.24) is 9.97 Å². The molecule has 2 N–H and O–H groups in total. The average Bonchev–Trinajstić information content (AvgIpc) is 2.62. The predicted octanol–water partition coefficient (Wildman–Crippen LogP) is 4.93. The highest BCUT2D eigenvalue weighted by atomic mass is 79.9. The van der Waals surface area contributed by atoms with Crippen LogP contribution in [0.25, 0.3) is 11.3 Å². The third-order valence-corrected chi connectivity index (χ3v) is 4.67. The van der Waals surface area contributed by atoms with E-state index in [9.17, 15) is 4.79 Å². The third-order valence-electron chi connectivity index (χ3n) is 4.05. The van der Waals surface area contributed by atoms with Crippen molar-refractivity contribution >= 4 is 27.8 Å². The number of hydrogen-bond acceptors (Lipinski definition) is 6. The van der Waals surface area contributed by atoms with Gasteiger partial charge in [-0.05, 0) is 54.4 Å². The molecule has 1 aromatic heterocycles. The van der Waals surface area contributed by atoms with E-state index in [-0.39, 0.29) is 12.6 Å². The number of ether oxygens (including phenoxy) is 2. The highest BCUT2D eigenvalue weighted by molar-refractivity contribution is 9.10. The van der Waals surface area contributed by atoms with Gasteiger partial charge < -0.3 is 15.2 Å². The Morgan fingerprint density at radius 2 is 1.96 bits per heavy atom. The lowest BCUT2D eigenvalue weighted by Gasteiger charge is -2.13. The van der Waals surface area contributed by atoms with Gasteiger partial charge >= 0.3 is 5.97 Å². The molecule has 2 rings (SSSR count). The Morgan fingerprint density at radius 3 is 2.63 bits per heavy atom. The molecule has 0 aliphatic carbocycles. The summed E-state index contributed by atoms with van der Waals surface area (Å²) in [6.07, 6.45) is 4.60. The summed E-state index contributed by atoms with van der Waals surface area (Å²) in [5.41, 5.74) is 7.81. The fourth-order valence-corrected chi connectivity index (χ4v) is 3.22. The fraction of sp³-hybridized carbons (Fsp3) is 0.450.